The summed E-state index contributed by atoms with van der Waals surface area (Å²) in [4.78, 5) is 19.4. The molecule has 2 heterocycles. The van der Waals surface area contributed by atoms with Crippen LogP contribution in [0, 0.1) is 11.3 Å². The summed E-state index contributed by atoms with van der Waals surface area (Å²) < 4.78 is 2.23. The van der Waals surface area contributed by atoms with Crippen molar-refractivity contribution in [1.29, 1.82) is 5.26 Å². The Bertz CT molecular complexity index is 1430. The summed E-state index contributed by atoms with van der Waals surface area (Å²) in [5.41, 5.74) is 5.70. The second-order valence-corrected chi connectivity index (χ2v) is 10.0. The van der Waals surface area contributed by atoms with E-state index >= 15 is 0 Å². The summed E-state index contributed by atoms with van der Waals surface area (Å²) in [7, 11) is 0. The van der Waals surface area contributed by atoms with E-state index in [0.717, 1.165) is 61.4 Å². The van der Waals surface area contributed by atoms with Crippen molar-refractivity contribution in [3.05, 3.63) is 95.1 Å². The number of piperidine rings is 1. The molecule has 1 aliphatic heterocycles. The van der Waals surface area contributed by atoms with Crippen LogP contribution in [-0.4, -0.2) is 64.3 Å². The van der Waals surface area contributed by atoms with E-state index in [1.807, 2.05) is 66.7 Å². The number of para-hydroxylation sites is 2. The summed E-state index contributed by atoms with van der Waals surface area (Å²) in [6.07, 6.45) is 3.03. The molecule has 0 radical (unpaired) electrons. The number of carbonyl (C=O) groups is 1. The van der Waals surface area contributed by atoms with Gasteiger partial charge in [-0.15, -0.1) is 0 Å². The lowest BCUT2D eigenvalue weighted by Gasteiger charge is -2.32. The topological polar surface area (TPSA) is 106 Å². The summed E-state index contributed by atoms with van der Waals surface area (Å²) >= 11 is 0. The number of rotatable bonds is 10. The number of likely N-dealkylation sites (tertiary alicyclic amines) is 1. The highest BCUT2D eigenvalue weighted by Crippen LogP contribution is 2.24. The predicted octanol–water partition coefficient (Wildman–Crippen LogP) is 3.80. The Labute approximate surface area is 228 Å². The molecule has 8 heteroatoms. The molecule has 1 amide bonds. The van der Waals surface area contributed by atoms with Crippen molar-refractivity contribution in [2.24, 2.45) is 0 Å². The minimum atomic E-state index is -0.157. The molecule has 0 spiro atoms. The van der Waals surface area contributed by atoms with Gasteiger partial charge >= 0.3 is 0 Å². The number of aliphatic hydroxyl groups is 1. The fourth-order valence-corrected chi connectivity index (χ4v) is 5.08. The maximum Gasteiger partial charge on any atom is 0.251 e. The first kappa shape index (κ1) is 26.4. The lowest BCUT2D eigenvalue weighted by molar-refractivity contribution is 0.0944. The van der Waals surface area contributed by atoms with Crippen molar-refractivity contribution < 1.29 is 9.90 Å². The number of imidazole rings is 1. The van der Waals surface area contributed by atoms with Gasteiger partial charge in [0.25, 0.3) is 5.91 Å². The fourth-order valence-electron chi connectivity index (χ4n) is 5.08. The molecule has 0 atom stereocenters. The Kier molecular flexibility index (Phi) is 8.51. The molecule has 1 aromatic heterocycles. The van der Waals surface area contributed by atoms with E-state index in [-0.39, 0.29) is 19.1 Å². The zero-order valence-electron chi connectivity index (χ0n) is 22.0. The Morgan fingerprint density at radius 3 is 2.44 bits per heavy atom. The number of aromatic nitrogens is 2. The zero-order valence-corrected chi connectivity index (χ0v) is 22.0. The van der Waals surface area contributed by atoms with Crippen LogP contribution in [0.1, 0.15) is 39.9 Å². The molecule has 5 rings (SSSR count). The number of aliphatic hydroxyl groups excluding tert-OH is 1. The van der Waals surface area contributed by atoms with Crippen LogP contribution in [0.25, 0.3) is 11.0 Å². The minimum absolute atomic E-state index is 0.0609. The van der Waals surface area contributed by atoms with Gasteiger partial charge in [0.15, 0.2) is 0 Å². The Morgan fingerprint density at radius 2 is 1.72 bits per heavy atom. The fraction of sp³-hybridized carbons (Fsp3) is 0.323. The lowest BCUT2D eigenvalue weighted by atomic mass is 10.0. The van der Waals surface area contributed by atoms with Gasteiger partial charge in [0.1, 0.15) is 0 Å². The van der Waals surface area contributed by atoms with E-state index < -0.39 is 0 Å². The van der Waals surface area contributed by atoms with Crippen LogP contribution in [0.3, 0.4) is 0 Å². The molecule has 3 aromatic carbocycles. The number of nitriles is 1. The van der Waals surface area contributed by atoms with Gasteiger partial charge in [-0.2, -0.15) is 5.26 Å². The van der Waals surface area contributed by atoms with Crippen molar-refractivity contribution in [2.75, 3.05) is 38.1 Å². The summed E-state index contributed by atoms with van der Waals surface area (Å²) in [5, 5.41) is 24.4. The van der Waals surface area contributed by atoms with Gasteiger partial charge in [0, 0.05) is 37.8 Å². The average Bonchev–Trinajstić information content (AvgIpc) is 3.32. The molecule has 0 aliphatic carbocycles. The van der Waals surface area contributed by atoms with E-state index in [2.05, 4.69) is 32.2 Å². The number of nitrogens with zero attached hydrogens (tertiary/aromatic N) is 4. The van der Waals surface area contributed by atoms with Gasteiger partial charge in [-0.3, -0.25) is 4.79 Å². The smallest absolute Gasteiger partial charge is 0.251 e. The number of anilines is 1. The van der Waals surface area contributed by atoms with Crippen LogP contribution in [0.15, 0.2) is 72.8 Å². The van der Waals surface area contributed by atoms with E-state index in [0.29, 0.717) is 23.7 Å². The SMILES string of the molecule is N#Cc1ccc(Cn2c(NC3CCN(CCc4ccc(C(=O)NCCO)cc4)CC3)nc3ccccc32)cc1. The highest BCUT2D eigenvalue weighted by atomic mass is 16.3. The van der Waals surface area contributed by atoms with Crippen LogP contribution in [0.5, 0.6) is 0 Å². The number of hydrogen-bond acceptors (Lipinski definition) is 6. The molecule has 0 unspecified atom stereocenters. The van der Waals surface area contributed by atoms with Gasteiger partial charge in [-0.1, -0.05) is 36.4 Å². The van der Waals surface area contributed by atoms with Crippen LogP contribution in [0.4, 0.5) is 5.95 Å². The summed E-state index contributed by atoms with van der Waals surface area (Å²) in [6, 6.07) is 26.2. The molecule has 200 valence electrons. The number of amides is 1. The minimum Gasteiger partial charge on any atom is -0.395 e. The number of carbonyl (C=O) groups excluding carboxylic acids is 1. The molecule has 3 N–H and O–H groups in total. The molecule has 1 aliphatic rings. The third-order valence-electron chi connectivity index (χ3n) is 7.33. The van der Waals surface area contributed by atoms with Crippen LogP contribution in [-0.2, 0) is 13.0 Å². The van der Waals surface area contributed by atoms with E-state index in [4.69, 9.17) is 15.4 Å². The molecule has 1 saturated heterocycles. The van der Waals surface area contributed by atoms with E-state index in [1.165, 1.54) is 5.56 Å². The third kappa shape index (κ3) is 6.63. The summed E-state index contributed by atoms with van der Waals surface area (Å²) in [6.45, 7) is 3.93. The van der Waals surface area contributed by atoms with Crippen molar-refractivity contribution in [3.8, 4) is 6.07 Å². The monoisotopic (exact) mass is 522 g/mol. The van der Waals surface area contributed by atoms with Crippen molar-refractivity contribution in [3.63, 3.8) is 0 Å². The van der Waals surface area contributed by atoms with Gasteiger partial charge in [0.2, 0.25) is 5.95 Å². The first-order valence-corrected chi connectivity index (χ1v) is 13.5. The Hall–Kier alpha value is -4.19. The third-order valence-corrected chi connectivity index (χ3v) is 7.33. The first-order valence-electron chi connectivity index (χ1n) is 13.5. The summed E-state index contributed by atoms with van der Waals surface area (Å²) in [5.74, 6) is 0.734. The number of fused-ring (bicyclic) bond motifs is 1. The Morgan fingerprint density at radius 1 is 1.00 bits per heavy atom. The number of benzene rings is 3. The van der Waals surface area contributed by atoms with Crippen molar-refractivity contribution >= 4 is 22.9 Å². The highest BCUT2D eigenvalue weighted by molar-refractivity contribution is 5.94. The van der Waals surface area contributed by atoms with Gasteiger partial charge in [-0.25, -0.2) is 4.98 Å². The van der Waals surface area contributed by atoms with Crippen molar-refractivity contribution in [2.45, 2.75) is 31.8 Å². The zero-order chi connectivity index (χ0) is 27.0. The maximum atomic E-state index is 12.0. The van der Waals surface area contributed by atoms with Gasteiger partial charge in [0.05, 0.1) is 35.8 Å². The molecule has 1 fully saturated rings. The van der Waals surface area contributed by atoms with Gasteiger partial charge < -0.3 is 25.2 Å². The number of nitrogens with one attached hydrogen (secondary N) is 2. The predicted molar refractivity (Wildman–Crippen MR) is 153 cm³/mol. The average molecular weight is 523 g/mol. The molecular formula is C31H34N6O2. The van der Waals surface area contributed by atoms with Gasteiger partial charge in [-0.05, 0) is 66.8 Å². The highest BCUT2D eigenvalue weighted by Gasteiger charge is 2.21. The number of hydrogen-bond donors (Lipinski definition) is 3. The lowest BCUT2D eigenvalue weighted by Crippen LogP contribution is -2.40. The molecule has 0 saturated carbocycles. The second kappa shape index (κ2) is 12.6. The molecule has 4 aromatic rings. The van der Waals surface area contributed by atoms with Crippen molar-refractivity contribution in [1.82, 2.24) is 19.8 Å². The maximum absolute atomic E-state index is 12.0. The van der Waals surface area contributed by atoms with E-state index in [1.54, 1.807) is 0 Å². The standard InChI is InChI=1S/C31H34N6O2/c32-21-24-5-7-25(8-6-24)22-37-29-4-2-1-3-28(29)35-31(37)34-27-14-18-36(19-15-27)17-13-23-9-11-26(12-10-23)30(39)33-16-20-38/h1-12,27,38H,13-20,22H2,(H,33,39)(H,34,35). The molecule has 0 bridgehead atoms. The van der Waals surface area contributed by atoms with Crippen LogP contribution < -0.4 is 10.6 Å². The first-order chi connectivity index (χ1) is 19.1. The quantitative estimate of drug-likeness (QED) is 0.293. The Balaban J connectivity index is 1.16. The molecular weight excluding hydrogens is 488 g/mol. The molecule has 8 nitrogen and oxygen atoms in total. The van der Waals surface area contributed by atoms with E-state index in [9.17, 15) is 4.79 Å². The van der Waals surface area contributed by atoms with Crippen LogP contribution >= 0.6 is 0 Å². The van der Waals surface area contributed by atoms with Crippen LogP contribution in [0.2, 0.25) is 0 Å². The normalized spacial score (nSPS) is 14.3. The second-order valence-electron chi connectivity index (χ2n) is 10.0. The largest absolute Gasteiger partial charge is 0.395 e. The molecule has 39 heavy (non-hydrogen) atoms.